The number of unbranched alkanes of at least 4 members (excludes halogenated alkanes) is 3. The lowest BCUT2D eigenvalue weighted by Crippen LogP contribution is -2.39. The molecule has 0 aliphatic heterocycles. The van der Waals surface area contributed by atoms with E-state index in [2.05, 4.69) is 86.6 Å². The highest BCUT2D eigenvalue weighted by Gasteiger charge is 2.37. The van der Waals surface area contributed by atoms with Gasteiger partial charge in [-0.3, -0.25) is 24.0 Å². The fourth-order valence-electron chi connectivity index (χ4n) is 5.14. The lowest BCUT2D eigenvalue weighted by atomic mass is 10.3. The first kappa shape index (κ1) is 63.6. The van der Waals surface area contributed by atoms with Crippen molar-refractivity contribution in [1.29, 1.82) is 0 Å². The zero-order valence-corrected chi connectivity index (χ0v) is 44.8. The van der Waals surface area contributed by atoms with Crippen molar-refractivity contribution in [2.45, 2.75) is 231 Å². The molecule has 0 aromatic carbocycles. The highest BCUT2D eigenvalue weighted by atomic mass is 28.3. The standard InChI is InChI=1S/C16H34O2Si.2C7H16O2Si.C6H14O2Si.C5H12O2Si/c1-5-8-11-19(12-9-6-2,13-10-7-3)15(4)14-16(17)18;2*1-6(5-7(8)9)10(2,3)4;1-5(6(7)8)9(2,3)4;1-8(2,3)4-5(6)7/h15H,5-14H2,1-4H3,(H,17,18);2*6H,5H2,1-4H3,(H,8,9);5H,1-4H3,(H,7,8);4H2,1-3H3,(H,6,7). The predicted molar refractivity (Wildman–Crippen MR) is 253 cm³/mol. The molecule has 0 saturated heterocycles. The van der Waals surface area contributed by atoms with Crippen molar-refractivity contribution in [2.75, 3.05) is 0 Å². The van der Waals surface area contributed by atoms with E-state index in [0.29, 0.717) is 41.9 Å². The first-order valence-corrected chi connectivity index (χ1v) is 38.2. The van der Waals surface area contributed by atoms with Gasteiger partial charge in [0.05, 0.1) is 24.2 Å². The maximum absolute atomic E-state index is 11.1. The topological polar surface area (TPSA) is 186 Å². The fourth-order valence-corrected chi connectivity index (χ4v) is 14.4. The fraction of sp³-hybridized carbons (Fsp3) is 0.878. The Hall–Kier alpha value is -1.57. The van der Waals surface area contributed by atoms with Crippen molar-refractivity contribution in [1.82, 2.24) is 0 Å². The molecule has 336 valence electrons. The van der Waals surface area contributed by atoms with Crippen molar-refractivity contribution in [2.24, 2.45) is 0 Å². The van der Waals surface area contributed by atoms with Crippen molar-refractivity contribution in [3.8, 4) is 0 Å². The van der Waals surface area contributed by atoms with E-state index >= 15 is 0 Å². The molecule has 4 unspecified atom stereocenters. The van der Waals surface area contributed by atoms with E-state index in [1.54, 1.807) is 6.92 Å². The average molecular weight is 886 g/mol. The molecule has 0 heterocycles. The van der Waals surface area contributed by atoms with Gasteiger partial charge in [-0.25, -0.2) is 0 Å². The minimum absolute atomic E-state index is 0.127. The van der Waals surface area contributed by atoms with Crippen LogP contribution < -0.4 is 0 Å². The molecular weight excluding hydrogens is 793 g/mol. The summed E-state index contributed by atoms with van der Waals surface area (Å²) in [6.07, 6.45) is 8.66. The van der Waals surface area contributed by atoms with E-state index in [4.69, 9.17) is 25.5 Å². The average Bonchev–Trinajstić information content (AvgIpc) is 2.98. The Morgan fingerprint density at radius 1 is 0.429 bits per heavy atom. The molecule has 0 aromatic heterocycles. The minimum Gasteiger partial charge on any atom is -0.481 e. The Labute approximate surface area is 349 Å². The van der Waals surface area contributed by atoms with Crippen molar-refractivity contribution >= 4 is 70.2 Å². The number of rotatable bonds is 22. The number of carboxylic acid groups (broad SMARTS) is 5. The Balaban J connectivity index is -0.000000203. The zero-order valence-electron chi connectivity index (χ0n) is 39.8. The van der Waals surface area contributed by atoms with Crippen LogP contribution in [0.15, 0.2) is 0 Å². The molecule has 0 aliphatic carbocycles. The SMILES string of the molecule is CC(C(=O)O)[Si](C)(C)C.CC(CC(=O)O)[Si](C)(C)C.CC(CC(=O)O)[Si](C)(C)C.CCCC[Si](CCCC)(CCCC)C(C)CC(=O)O.C[Si](C)(C)CC(=O)O. The molecule has 4 atom stereocenters. The van der Waals surface area contributed by atoms with E-state index in [0.717, 1.165) is 0 Å². The maximum atomic E-state index is 11.1. The third-order valence-corrected chi connectivity index (χ3v) is 27.8. The van der Waals surface area contributed by atoms with Crippen LogP contribution in [0.25, 0.3) is 0 Å². The monoisotopic (exact) mass is 885 g/mol. The Morgan fingerprint density at radius 2 is 0.696 bits per heavy atom. The largest absolute Gasteiger partial charge is 0.481 e. The number of carboxylic acids is 5. The number of aliphatic carboxylic acids is 5. The van der Waals surface area contributed by atoms with Gasteiger partial charge in [0, 0.05) is 47.0 Å². The molecule has 0 bridgehead atoms. The van der Waals surface area contributed by atoms with Crippen LogP contribution in [0.1, 0.15) is 106 Å². The molecule has 0 spiro atoms. The molecule has 0 saturated carbocycles. The van der Waals surface area contributed by atoms with Gasteiger partial charge in [-0.1, -0.05) is 184 Å². The summed E-state index contributed by atoms with van der Waals surface area (Å²) >= 11 is 0. The molecule has 0 fully saturated rings. The summed E-state index contributed by atoms with van der Waals surface area (Å²) in [5, 5.41) is 42.9. The summed E-state index contributed by atoms with van der Waals surface area (Å²) in [6, 6.07) is 4.42. The van der Waals surface area contributed by atoms with Crippen LogP contribution in [0.4, 0.5) is 0 Å². The minimum atomic E-state index is -1.42. The summed E-state index contributed by atoms with van der Waals surface area (Å²) < 4.78 is 0. The summed E-state index contributed by atoms with van der Waals surface area (Å²) in [6.45, 7) is 40.3. The normalized spacial score (nSPS) is 13.9. The van der Waals surface area contributed by atoms with Crippen LogP contribution in [-0.4, -0.2) is 95.7 Å². The van der Waals surface area contributed by atoms with E-state index in [9.17, 15) is 24.0 Å². The molecule has 0 rings (SSSR count). The van der Waals surface area contributed by atoms with Gasteiger partial charge in [-0.05, 0) is 16.6 Å². The van der Waals surface area contributed by atoms with Crippen LogP contribution >= 0.6 is 0 Å². The van der Waals surface area contributed by atoms with Gasteiger partial charge in [0.1, 0.15) is 0 Å². The van der Waals surface area contributed by atoms with Crippen molar-refractivity contribution < 1.29 is 49.5 Å². The van der Waals surface area contributed by atoms with E-state index in [1.807, 2.05) is 33.5 Å². The van der Waals surface area contributed by atoms with Crippen molar-refractivity contribution in [3.63, 3.8) is 0 Å². The molecular formula is C41H92O10Si5. The van der Waals surface area contributed by atoms with Crippen LogP contribution in [0, 0.1) is 0 Å². The molecule has 5 N–H and O–H groups in total. The highest BCUT2D eigenvalue weighted by molar-refractivity contribution is 6.81. The van der Waals surface area contributed by atoms with Gasteiger partial charge >= 0.3 is 29.8 Å². The van der Waals surface area contributed by atoms with Gasteiger partial charge in [0.25, 0.3) is 0 Å². The van der Waals surface area contributed by atoms with Gasteiger partial charge in [0.2, 0.25) is 0 Å². The quantitative estimate of drug-likeness (QED) is 0.0655. The third-order valence-electron chi connectivity index (χ3n) is 10.9. The van der Waals surface area contributed by atoms with E-state index in [1.165, 1.54) is 56.7 Å². The summed E-state index contributed by atoms with van der Waals surface area (Å²) in [4.78, 5) is 52.1. The molecule has 0 aliphatic rings. The summed E-state index contributed by atoms with van der Waals surface area (Å²) in [7, 11) is -6.56. The van der Waals surface area contributed by atoms with Crippen LogP contribution in [0.5, 0.6) is 0 Å². The van der Waals surface area contributed by atoms with Gasteiger partial charge in [-0.15, -0.1) is 0 Å². The lowest BCUT2D eigenvalue weighted by molar-refractivity contribution is -0.138. The summed E-state index contributed by atoms with van der Waals surface area (Å²) in [5.74, 6) is -3.27. The molecule has 0 radical (unpaired) electrons. The van der Waals surface area contributed by atoms with Crippen LogP contribution in [0.3, 0.4) is 0 Å². The maximum Gasteiger partial charge on any atom is 0.303 e. The second-order valence-electron chi connectivity index (χ2n) is 20.5. The number of carbonyl (C=O) groups is 5. The Morgan fingerprint density at radius 3 is 0.804 bits per heavy atom. The third kappa shape index (κ3) is 40.6. The summed E-state index contributed by atoms with van der Waals surface area (Å²) in [5.41, 5.74) is 1.07. The van der Waals surface area contributed by atoms with Crippen LogP contribution in [-0.2, 0) is 24.0 Å². The molecule has 0 aromatic rings. The highest BCUT2D eigenvalue weighted by Crippen LogP contribution is 2.40. The number of hydrogen-bond donors (Lipinski definition) is 5. The van der Waals surface area contributed by atoms with Crippen LogP contribution in [0.2, 0.25) is 125 Å². The van der Waals surface area contributed by atoms with Gasteiger partial charge < -0.3 is 25.5 Å². The Bertz CT molecular complexity index is 1040. The second kappa shape index (κ2) is 31.4. The molecule has 10 nitrogen and oxygen atoms in total. The lowest BCUT2D eigenvalue weighted by Gasteiger charge is -2.37. The number of hydrogen-bond acceptors (Lipinski definition) is 5. The smallest absolute Gasteiger partial charge is 0.303 e. The second-order valence-corrected chi connectivity index (χ2v) is 48.2. The molecule has 15 heteroatoms. The van der Waals surface area contributed by atoms with Gasteiger partial charge in [0.15, 0.2) is 0 Å². The van der Waals surface area contributed by atoms with E-state index in [-0.39, 0.29) is 5.54 Å². The Kier molecular flexibility index (Phi) is 35.6. The first-order chi connectivity index (χ1) is 25.0. The molecule has 0 amide bonds. The van der Waals surface area contributed by atoms with Crippen molar-refractivity contribution in [3.05, 3.63) is 0 Å². The zero-order chi connectivity index (χ0) is 45.9. The first-order valence-electron chi connectivity index (χ1n) is 21.1. The van der Waals surface area contributed by atoms with E-state index < -0.39 is 70.2 Å². The molecule has 56 heavy (non-hydrogen) atoms. The van der Waals surface area contributed by atoms with Gasteiger partial charge in [-0.2, -0.15) is 0 Å². The predicted octanol–water partition coefficient (Wildman–Crippen LogP) is 13.3.